The number of unbranched alkanes of at least 4 members (excludes halogenated alkanes) is 10. The van der Waals surface area contributed by atoms with E-state index in [1.54, 1.807) is 0 Å². The molecule has 0 saturated heterocycles. The van der Waals surface area contributed by atoms with Crippen molar-refractivity contribution in [3.8, 4) is 0 Å². The molecule has 0 bridgehead atoms. The molecule has 0 aromatic carbocycles. The van der Waals surface area contributed by atoms with Gasteiger partial charge in [-0.25, -0.2) is 0 Å². The predicted molar refractivity (Wildman–Crippen MR) is 161 cm³/mol. The fraction of sp³-hybridized carbons (Fsp3) is 0.968. The molecule has 0 aliphatic rings. The molecule has 6 nitrogen and oxygen atoms in total. The molecule has 0 spiro atoms. The molecular weight excluding hydrogens is 496 g/mol. The number of esters is 1. The minimum atomic E-state index is -1.95. The van der Waals surface area contributed by atoms with Crippen LogP contribution in [0.5, 0.6) is 0 Å². The summed E-state index contributed by atoms with van der Waals surface area (Å²) in [5.41, 5.74) is 0. The molecule has 1 atom stereocenters. The van der Waals surface area contributed by atoms with Crippen LogP contribution in [0.2, 0.25) is 18.1 Å². The van der Waals surface area contributed by atoms with Crippen LogP contribution in [0.4, 0.5) is 0 Å². The molecule has 1 unspecified atom stereocenters. The lowest BCUT2D eigenvalue weighted by Crippen LogP contribution is -2.44. The Morgan fingerprint density at radius 1 is 0.737 bits per heavy atom. The van der Waals surface area contributed by atoms with Gasteiger partial charge in [0.15, 0.2) is 14.6 Å². The minimum absolute atomic E-state index is 0.0702. The first-order valence-corrected chi connectivity index (χ1v) is 18.7. The third-order valence-corrected chi connectivity index (χ3v) is 12.1. The Labute approximate surface area is 237 Å². The van der Waals surface area contributed by atoms with E-state index in [-0.39, 0.29) is 36.4 Å². The van der Waals surface area contributed by atoms with E-state index in [0.29, 0.717) is 39.1 Å². The second-order valence-corrected chi connectivity index (χ2v) is 17.0. The van der Waals surface area contributed by atoms with Crippen molar-refractivity contribution >= 4 is 14.3 Å². The largest absolute Gasteiger partial charge is 0.466 e. The summed E-state index contributed by atoms with van der Waals surface area (Å²) in [5, 5.41) is 9.57. The van der Waals surface area contributed by atoms with Crippen LogP contribution in [0, 0.1) is 0 Å². The molecule has 228 valence electrons. The van der Waals surface area contributed by atoms with Gasteiger partial charge in [-0.2, -0.15) is 0 Å². The Morgan fingerprint density at radius 2 is 1.24 bits per heavy atom. The van der Waals surface area contributed by atoms with Crippen molar-refractivity contribution in [3.63, 3.8) is 0 Å². The van der Waals surface area contributed by atoms with Gasteiger partial charge in [-0.15, -0.1) is 0 Å². The van der Waals surface area contributed by atoms with Crippen LogP contribution in [0.1, 0.15) is 137 Å². The second kappa shape index (κ2) is 23.3. The van der Waals surface area contributed by atoms with Gasteiger partial charge in [0.25, 0.3) is 0 Å². The third-order valence-electron chi connectivity index (χ3n) is 7.61. The summed E-state index contributed by atoms with van der Waals surface area (Å²) in [7, 11) is -1.95. The number of aliphatic hydroxyl groups excluding tert-OH is 1. The van der Waals surface area contributed by atoms with Gasteiger partial charge in [0.1, 0.15) is 0 Å². The third kappa shape index (κ3) is 20.4. The van der Waals surface area contributed by atoms with Gasteiger partial charge in [0.2, 0.25) is 0 Å². The lowest BCUT2D eigenvalue weighted by Gasteiger charge is -2.39. The molecule has 0 rings (SSSR count). The minimum Gasteiger partial charge on any atom is -0.466 e. The Bertz CT molecular complexity index is 531. The molecule has 38 heavy (non-hydrogen) atoms. The molecule has 0 aliphatic heterocycles. The summed E-state index contributed by atoms with van der Waals surface area (Å²) in [4.78, 5) is 12.5. The van der Waals surface area contributed by atoms with Gasteiger partial charge >= 0.3 is 5.97 Å². The zero-order valence-electron chi connectivity index (χ0n) is 26.3. The quantitative estimate of drug-likeness (QED) is 0.0494. The molecule has 7 heteroatoms. The van der Waals surface area contributed by atoms with Crippen LogP contribution in [0.15, 0.2) is 0 Å². The average molecular weight is 561 g/mol. The molecule has 0 amide bonds. The number of hydrogen-bond acceptors (Lipinski definition) is 6. The summed E-state index contributed by atoms with van der Waals surface area (Å²) >= 11 is 0. The average Bonchev–Trinajstić information content (AvgIpc) is 2.84. The number of carbonyl (C=O) groups is 1. The van der Waals surface area contributed by atoms with Gasteiger partial charge in [-0.3, -0.25) is 4.79 Å². The van der Waals surface area contributed by atoms with Crippen molar-refractivity contribution < 1.29 is 28.5 Å². The highest BCUT2D eigenvalue weighted by Gasteiger charge is 2.39. The number of carbonyl (C=O) groups excluding carboxylic acids is 1. The lowest BCUT2D eigenvalue weighted by atomic mass is 10.1. The van der Waals surface area contributed by atoms with E-state index in [1.807, 2.05) is 0 Å². The second-order valence-electron chi connectivity index (χ2n) is 12.3. The van der Waals surface area contributed by atoms with Gasteiger partial charge in [0, 0.05) is 32.7 Å². The first-order valence-electron chi connectivity index (χ1n) is 15.7. The van der Waals surface area contributed by atoms with E-state index in [2.05, 4.69) is 47.7 Å². The summed E-state index contributed by atoms with van der Waals surface area (Å²) in [6.45, 7) is 17.2. The van der Waals surface area contributed by atoms with E-state index < -0.39 is 8.32 Å². The maximum absolute atomic E-state index is 12.5. The summed E-state index contributed by atoms with van der Waals surface area (Å²) in [6.07, 6.45) is 16.2. The molecule has 0 radical (unpaired) electrons. The molecule has 0 aliphatic carbocycles. The zero-order valence-corrected chi connectivity index (χ0v) is 27.3. The molecule has 0 heterocycles. The van der Waals surface area contributed by atoms with Crippen LogP contribution in [0.25, 0.3) is 0 Å². The van der Waals surface area contributed by atoms with Crippen LogP contribution in [-0.2, 0) is 23.4 Å². The van der Waals surface area contributed by atoms with E-state index in [0.717, 1.165) is 12.8 Å². The summed E-state index contributed by atoms with van der Waals surface area (Å²) in [6, 6.07) is 0. The highest BCUT2D eigenvalue weighted by atomic mass is 28.4. The maximum Gasteiger partial charge on any atom is 0.305 e. The predicted octanol–water partition coefficient (Wildman–Crippen LogP) is 8.55. The van der Waals surface area contributed by atoms with Crippen molar-refractivity contribution in [1.29, 1.82) is 0 Å². The Balaban J connectivity index is 4.48. The van der Waals surface area contributed by atoms with Gasteiger partial charge < -0.3 is 23.7 Å². The van der Waals surface area contributed by atoms with E-state index in [1.165, 1.54) is 64.2 Å². The first kappa shape index (κ1) is 37.5. The smallest absolute Gasteiger partial charge is 0.305 e. The Hall–Kier alpha value is -0.473. The number of rotatable bonds is 26. The number of hydrogen-bond donors (Lipinski definition) is 1. The molecule has 0 saturated carbocycles. The van der Waals surface area contributed by atoms with Gasteiger partial charge in [0.05, 0.1) is 19.1 Å². The highest BCUT2D eigenvalue weighted by Crippen LogP contribution is 2.38. The number of aliphatic hydroxyl groups is 1. The molecule has 1 N–H and O–H groups in total. The summed E-state index contributed by atoms with van der Waals surface area (Å²) in [5.74, 6) is -0.226. The summed E-state index contributed by atoms with van der Waals surface area (Å²) < 4.78 is 24.0. The van der Waals surface area contributed by atoms with Crippen LogP contribution < -0.4 is 0 Å². The molecule has 0 fully saturated rings. The van der Waals surface area contributed by atoms with Crippen molar-refractivity contribution in [2.75, 3.05) is 26.4 Å². The monoisotopic (exact) mass is 560 g/mol. The van der Waals surface area contributed by atoms with Gasteiger partial charge in [-0.1, -0.05) is 98.8 Å². The lowest BCUT2D eigenvalue weighted by molar-refractivity contribution is -0.159. The molecule has 0 aromatic heterocycles. The van der Waals surface area contributed by atoms with E-state index >= 15 is 0 Å². The molecular formula is C31H64O6Si. The fourth-order valence-corrected chi connectivity index (χ4v) is 5.44. The first-order chi connectivity index (χ1) is 18.1. The maximum atomic E-state index is 12.5. The van der Waals surface area contributed by atoms with Crippen molar-refractivity contribution in [3.05, 3.63) is 0 Å². The van der Waals surface area contributed by atoms with Gasteiger partial charge in [-0.05, 0) is 37.4 Å². The standard InChI is InChI=1S/C31H64O6Si/c1-8-10-12-14-16-18-25-35-30(36-26-19-17-15-13-11-9-2)21-20-29(33)34-27-23-28(22-24-32)37-38(6,7)31(3,4)5/h28,30,32H,8-27H2,1-7H3. The van der Waals surface area contributed by atoms with Crippen LogP contribution >= 0.6 is 0 Å². The zero-order chi connectivity index (χ0) is 28.7. The topological polar surface area (TPSA) is 74.2 Å². The highest BCUT2D eigenvalue weighted by molar-refractivity contribution is 6.74. The number of ether oxygens (including phenoxy) is 3. The van der Waals surface area contributed by atoms with Crippen LogP contribution in [0.3, 0.4) is 0 Å². The van der Waals surface area contributed by atoms with Crippen LogP contribution in [-0.4, -0.2) is 58.2 Å². The fourth-order valence-electron chi connectivity index (χ4n) is 4.02. The van der Waals surface area contributed by atoms with E-state index in [9.17, 15) is 9.90 Å². The molecule has 0 aromatic rings. The normalized spacial score (nSPS) is 13.3. The van der Waals surface area contributed by atoms with Crippen molar-refractivity contribution in [2.24, 2.45) is 0 Å². The Morgan fingerprint density at radius 3 is 1.71 bits per heavy atom. The van der Waals surface area contributed by atoms with Crippen molar-refractivity contribution in [2.45, 2.75) is 168 Å². The van der Waals surface area contributed by atoms with E-state index in [4.69, 9.17) is 18.6 Å². The van der Waals surface area contributed by atoms with Crippen molar-refractivity contribution in [1.82, 2.24) is 0 Å². The SMILES string of the molecule is CCCCCCCCOC(CCC(=O)OCCC(CCO)O[Si](C)(C)C(C)(C)C)OCCCCCCCC. The Kier molecular flexibility index (Phi) is 23.0.